The second-order valence-electron chi connectivity index (χ2n) is 7.48. The molecule has 3 rings (SSSR count). The lowest BCUT2D eigenvalue weighted by molar-refractivity contribution is -0.148. The fourth-order valence-corrected chi connectivity index (χ4v) is 4.71. The van der Waals surface area contributed by atoms with Gasteiger partial charge < -0.3 is 15.3 Å². The summed E-state index contributed by atoms with van der Waals surface area (Å²) in [5.41, 5.74) is 0.549. The van der Waals surface area contributed by atoms with E-state index in [-0.39, 0.29) is 16.7 Å². The first-order valence-electron chi connectivity index (χ1n) is 12.2. The van der Waals surface area contributed by atoms with Crippen molar-refractivity contribution >= 4 is 58.8 Å². The van der Waals surface area contributed by atoms with Gasteiger partial charge in [0, 0.05) is 35.0 Å². The lowest BCUT2D eigenvalue weighted by atomic mass is 10.0. The molecule has 2 N–H and O–H groups in total. The van der Waals surface area contributed by atoms with Crippen molar-refractivity contribution in [3.05, 3.63) is 63.9 Å². The lowest BCUT2D eigenvalue weighted by Crippen LogP contribution is -2.49. The zero-order valence-corrected chi connectivity index (χ0v) is 24.0. The minimum absolute atomic E-state index is 0.268. The van der Waals surface area contributed by atoms with Crippen molar-refractivity contribution in [3.63, 3.8) is 0 Å². The third kappa shape index (κ3) is 9.93. The summed E-state index contributed by atoms with van der Waals surface area (Å²) in [6, 6.07) is 9.05. The summed E-state index contributed by atoms with van der Waals surface area (Å²) in [5, 5.41) is 11.5. The zero-order chi connectivity index (χ0) is 28.8. The molecule has 38 heavy (non-hydrogen) atoms. The Hall–Kier alpha value is -2.62. The normalized spacial score (nSPS) is 14.1. The molecule has 2 amide bonds. The number of carbonyl (C=O) groups is 3. The number of carboxylic acid groups (broad SMARTS) is 1. The van der Waals surface area contributed by atoms with E-state index in [1.54, 1.807) is 35.2 Å². The number of carboxylic acids is 1. The molecule has 11 heteroatoms. The number of nitrogens with zero attached hydrogens (tertiary/aromatic N) is 1. The summed E-state index contributed by atoms with van der Waals surface area (Å²) < 4.78 is 26.3. The molecule has 0 saturated carbocycles. The number of hydrogen-bond donors (Lipinski definition) is 2. The van der Waals surface area contributed by atoms with Crippen molar-refractivity contribution in [2.75, 3.05) is 13.1 Å². The number of hydrogen-bond acceptors (Lipinski definition) is 4. The molecule has 0 aliphatic carbocycles. The second kappa shape index (κ2) is 17.1. The summed E-state index contributed by atoms with van der Waals surface area (Å²) in [6.07, 6.45) is 1.06. The quantitative estimate of drug-likeness (QED) is 0.272. The summed E-state index contributed by atoms with van der Waals surface area (Å²) in [5.74, 6) is -3.63. The van der Waals surface area contributed by atoms with Gasteiger partial charge in [-0.2, -0.15) is 0 Å². The third-order valence-electron chi connectivity index (χ3n) is 5.12. The smallest absolute Gasteiger partial charge is 0.348 e. The van der Waals surface area contributed by atoms with E-state index >= 15 is 0 Å². The monoisotopic (exact) mass is 588 g/mol. The molecule has 6 nitrogen and oxygen atoms in total. The highest BCUT2D eigenvalue weighted by Crippen LogP contribution is 2.39. The maximum atomic E-state index is 13.2. The van der Waals surface area contributed by atoms with Crippen LogP contribution in [0.4, 0.5) is 8.78 Å². The van der Waals surface area contributed by atoms with Crippen LogP contribution in [-0.2, 0) is 14.4 Å². The lowest BCUT2D eigenvalue weighted by Gasteiger charge is -2.31. The van der Waals surface area contributed by atoms with Crippen LogP contribution in [0.2, 0.25) is 10.0 Å². The van der Waals surface area contributed by atoms with Gasteiger partial charge in [0.05, 0.1) is 10.0 Å². The number of likely N-dealkylation sites (tertiary alicyclic amines) is 1. The molecule has 0 spiro atoms. The highest BCUT2D eigenvalue weighted by Gasteiger charge is 2.29. The van der Waals surface area contributed by atoms with Crippen molar-refractivity contribution in [1.82, 2.24) is 10.2 Å². The van der Waals surface area contributed by atoms with Crippen LogP contribution >= 0.6 is 35.0 Å². The number of aliphatic carboxylic acids is 1. The standard InChI is InChI=1S/C23H20Cl2F2N2O4S.2C2H6/c24-19-13(1-7-17(20(19)25)34-16-5-3-14(26)4-6-16)2-8-18(30)29-11-9-15(10-12-29)28-22(31)21(27)23(32)33;2*1-2/h1-8,15,21H,9-12H2,(H,28,31)(H,32,33);2*1-2H3/b8-2+;;. The number of halogens is 4. The molecular formula is C27H32Cl2F2N2O4S. The minimum Gasteiger partial charge on any atom is -0.479 e. The van der Waals surface area contributed by atoms with Crippen LogP contribution in [0.3, 0.4) is 0 Å². The summed E-state index contributed by atoms with van der Waals surface area (Å²) in [7, 11) is 0. The Kier molecular flexibility index (Phi) is 15.0. The number of amides is 2. The molecule has 1 unspecified atom stereocenters. The molecular weight excluding hydrogens is 557 g/mol. The summed E-state index contributed by atoms with van der Waals surface area (Å²) in [6.45, 7) is 8.64. The Balaban J connectivity index is 0.00000172. The van der Waals surface area contributed by atoms with Gasteiger partial charge in [-0.15, -0.1) is 0 Å². The van der Waals surface area contributed by atoms with E-state index in [4.69, 9.17) is 28.3 Å². The molecule has 1 atom stereocenters. The maximum Gasteiger partial charge on any atom is 0.348 e. The first-order valence-corrected chi connectivity index (χ1v) is 13.8. The van der Waals surface area contributed by atoms with Crippen LogP contribution in [0.15, 0.2) is 52.3 Å². The number of piperidine rings is 1. The SMILES string of the molecule is CC.CC.O=C(O)C(F)C(=O)NC1CCN(C(=O)/C=C/c2ccc(Sc3ccc(F)cc3)c(Cl)c2Cl)CC1. The molecule has 0 radical (unpaired) electrons. The van der Waals surface area contributed by atoms with Crippen molar-refractivity contribution in [1.29, 1.82) is 0 Å². The van der Waals surface area contributed by atoms with Gasteiger partial charge in [-0.3, -0.25) is 9.59 Å². The molecule has 1 heterocycles. The zero-order valence-electron chi connectivity index (χ0n) is 21.6. The van der Waals surface area contributed by atoms with E-state index in [1.165, 1.54) is 30.0 Å². The number of rotatable bonds is 7. The maximum absolute atomic E-state index is 13.2. The topological polar surface area (TPSA) is 86.7 Å². The van der Waals surface area contributed by atoms with Gasteiger partial charge in [0.1, 0.15) is 5.82 Å². The third-order valence-corrected chi connectivity index (χ3v) is 7.20. The number of nitrogens with one attached hydrogen (secondary N) is 1. The van der Waals surface area contributed by atoms with E-state index in [1.807, 2.05) is 27.7 Å². The van der Waals surface area contributed by atoms with Crippen LogP contribution in [0.5, 0.6) is 0 Å². The van der Waals surface area contributed by atoms with Crippen LogP contribution in [0, 0.1) is 5.82 Å². The molecule has 2 aromatic rings. The van der Waals surface area contributed by atoms with E-state index in [2.05, 4.69) is 5.32 Å². The fourth-order valence-electron chi connectivity index (χ4n) is 3.28. The number of benzene rings is 2. The molecule has 2 aromatic carbocycles. The Morgan fingerprint density at radius 2 is 1.61 bits per heavy atom. The largest absolute Gasteiger partial charge is 0.479 e. The van der Waals surface area contributed by atoms with Gasteiger partial charge in [0.15, 0.2) is 0 Å². The van der Waals surface area contributed by atoms with E-state index in [0.29, 0.717) is 41.4 Å². The number of alkyl halides is 1. The average molecular weight is 590 g/mol. The Bertz CT molecular complexity index is 1110. The molecule has 0 aromatic heterocycles. The van der Waals surface area contributed by atoms with Gasteiger partial charge in [-0.05, 0) is 54.8 Å². The molecule has 1 saturated heterocycles. The van der Waals surface area contributed by atoms with Gasteiger partial charge in [-0.1, -0.05) is 68.7 Å². The summed E-state index contributed by atoms with van der Waals surface area (Å²) >= 11 is 14.1. The molecule has 1 fully saturated rings. The minimum atomic E-state index is -2.61. The number of carbonyl (C=O) groups excluding carboxylic acids is 2. The Morgan fingerprint density at radius 1 is 1.03 bits per heavy atom. The highest BCUT2D eigenvalue weighted by atomic mass is 35.5. The summed E-state index contributed by atoms with van der Waals surface area (Å²) in [4.78, 5) is 37.6. The van der Waals surface area contributed by atoms with Crippen molar-refractivity contribution in [3.8, 4) is 0 Å². The first kappa shape index (κ1) is 33.4. The van der Waals surface area contributed by atoms with Crippen LogP contribution in [-0.4, -0.2) is 53.1 Å². The average Bonchev–Trinajstić information content (AvgIpc) is 2.94. The highest BCUT2D eigenvalue weighted by molar-refractivity contribution is 7.99. The Morgan fingerprint density at radius 3 is 2.16 bits per heavy atom. The van der Waals surface area contributed by atoms with Gasteiger partial charge in [-0.25, -0.2) is 13.6 Å². The van der Waals surface area contributed by atoms with Crippen molar-refractivity contribution < 1.29 is 28.3 Å². The van der Waals surface area contributed by atoms with Crippen LogP contribution in [0.1, 0.15) is 46.1 Å². The Labute approximate surface area is 236 Å². The van der Waals surface area contributed by atoms with E-state index < -0.39 is 24.1 Å². The second-order valence-corrected chi connectivity index (χ2v) is 9.35. The first-order chi connectivity index (χ1) is 18.2. The van der Waals surface area contributed by atoms with E-state index in [9.17, 15) is 23.2 Å². The predicted molar refractivity (Wildman–Crippen MR) is 149 cm³/mol. The van der Waals surface area contributed by atoms with Crippen LogP contribution < -0.4 is 5.32 Å². The molecule has 0 bridgehead atoms. The molecule has 1 aliphatic rings. The van der Waals surface area contributed by atoms with Crippen molar-refractivity contribution in [2.24, 2.45) is 0 Å². The van der Waals surface area contributed by atoms with Crippen molar-refractivity contribution in [2.45, 2.75) is 62.5 Å². The predicted octanol–water partition coefficient (Wildman–Crippen LogP) is 6.88. The van der Waals surface area contributed by atoms with Gasteiger partial charge in [0.25, 0.3) is 12.1 Å². The van der Waals surface area contributed by atoms with Crippen LogP contribution in [0.25, 0.3) is 6.08 Å². The van der Waals surface area contributed by atoms with Gasteiger partial charge in [0.2, 0.25) is 5.91 Å². The molecule has 1 aliphatic heterocycles. The molecule has 208 valence electrons. The fraction of sp³-hybridized carbons (Fsp3) is 0.370. The van der Waals surface area contributed by atoms with E-state index in [0.717, 1.165) is 4.90 Å². The van der Waals surface area contributed by atoms with Gasteiger partial charge >= 0.3 is 5.97 Å².